The molecule has 1 aromatic rings. The summed E-state index contributed by atoms with van der Waals surface area (Å²) in [5.74, 6) is 2.21. The third-order valence-corrected chi connectivity index (χ3v) is 4.35. The lowest BCUT2D eigenvalue weighted by Gasteiger charge is -2.32. The first-order chi connectivity index (χ1) is 8.33. The molecule has 1 aliphatic heterocycles. The first kappa shape index (κ1) is 12.6. The van der Waals surface area contributed by atoms with Gasteiger partial charge in [0.15, 0.2) is 5.82 Å². The molecule has 0 bridgehead atoms. The van der Waals surface area contributed by atoms with Crippen molar-refractivity contribution in [1.29, 1.82) is 0 Å². The van der Waals surface area contributed by atoms with Crippen LogP contribution in [0.15, 0.2) is 12.1 Å². The predicted octanol–water partition coefficient (Wildman–Crippen LogP) is 1.53. The van der Waals surface area contributed by atoms with Gasteiger partial charge in [-0.2, -0.15) is 16.9 Å². The van der Waals surface area contributed by atoms with Crippen LogP contribution in [0.4, 0.5) is 5.82 Å². The van der Waals surface area contributed by atoms with E-state index in [1.54, 1.807) is 0 Å². The summed E-state index contributed by atoms with van der Waals surface area (Å²) in [6.45, 7) is 5.21. The van der Waals surface area contributed by atoms with Gasteiger partial charge in [-0.3, -0.25) is 0 Å². The van der Waals surface area contributed by atoms with Gasteiger partial charge in [0.2, 0.25) is 0 Å². The van der Waals surface area contributed by atoms with Crippen molar-refractivity contribution in [3.8, 4) is 0 Å². The largest absolute Gasteiger partial charge is 0.353 e. The summed E-state index contributed by atoms with van der Waals surface area (Å²) in [4.78, 5) is 2.35. The number of thioether (sulfide) groups is 1. The molecule has 2 heterocycles. The highest BCUT2D eigenvalue weighted by Gasteiger charge is 2.20. The average molecular weight is 252 g/mol. The second-order valence-corrected chi connectivity index (χ2v) is 5.67. The number of nitrogens with one attached hydrogen (secondary N) is 1. The van der Waals surface area contributed by atoms with Crippen LogP contribution in [0.3, 0.4) is 0 Å². The van der Waals surface area contributed by atoms with Crippen LogP contribution in [-0.2, 0) is 6.54 Å². The Hall–Kier alpha value is -0.810. The Balaban J connectivity index is 2.01. The molecule has 0 spiro atoms. The van der Waals surface area contributed by atoms with Gasteiger partial charge in [0.25, 0.3) is 0 Å². The molecule has 4 nitrogen and oxygen atoms in total. The van der Waals surface area contributed by atoms with Gasteiger partial charge in [0.1, 0.15) is 0 Å². The number of hydrogen-bond donors (Lipinski definition) is 1. The average Bonchev–Trinajstić information content (AvgIpc) is 2.40. The fraction of sp³-hybridized carbons (Fsp3) is 0.667. The zero-order valence-corrected chi connectivity index (χ0v) is 11.3. The zero-order chi connectivity index (χ0) is 12.1. The molecule has 0 radical (unpaired) electrons. The SMILES string of the molecule is CCC1CN(c2ccc(CNC)nn2)CCS1. The minimum atomic E-state index is 0.738. The molecule has 0 aromatic carbocycles. The van der Waals surface area contributed by atoms with Crippen LogP contribution >= 0.6 is 11.8 Å². The van der Waals surface area contributed by atoms with Gasteiger partial charge in [-0.1, -0.05) is 6.92 Å². The van der Waals surface area contributed by atoms with Crippen LogP contribution in [0.25, 0.3) is 0 Å². The molecule has 0 amide bonds. The Bertz CT molecular complexity index is 341. The molecule has 17 heavy (non-hydrogen) atoms. The summed E-state index contributed by atoms with van der Waals surface area (Å²) >= 11 is 2.07. The van der Waals surface area contributed by atoms with E-state index in [0.717, 1.165) is 36.4 Å². The number of hydrogen-bond acceptors (Lipinski definition) is 5. The van der Waals surface area contributed by atoms with Crippen molar-refractivity contribution in [3.05, 3.63) is 17.8 Å². The van der Waals surface area contributed by atoms with Crippen molar-refractivity contribution in [3.63, 3.8) is 0 Å². The molecule has 1 N–H and O–H groups in total. The highest BCUT2D eigenvalue weighted by molar-refractivity contribution is 8.00. The molecule has 1 atom stereocenters. The summed E-state index contributed by atoms with van der Waals surface area (Å²) in [6, 6.07) is 4.14. The van der Waals surface area contributed by atoms with Gasteiger partial charge in [0.05, 0.1) is 5.69 Å². The monoisotopic (exact) mass is 252 g/mol. The lowest BCUT2D eigenvalue weighted by Crippen LogP contribution is -2.38. The molecular weight excluding hydrogens is 232 g/mol. The molecule has 5 heteroatoms. The van der Waals surface area contributed by atoms with E-state index in [0.29, 0.717) is 0 Å². The van der Waals surface area contributed by atoms with Crippen LogP contribution in [-0.4, -0.2) is 41.3 Å². The molecule has 94 valence electrons. The Kier molecular flexibility index (Phi) is 4.62. The smallest absolute Gasteiger partial charge is 0.151 e. The zero-order valence-electron chi connectivity index (χ0n) is 10.5. The Morgan fingerprint density at radius 2 is 2.35 bits per heavy atom. The molecule has 2 rings (SSSR count). The highest BCUT2D eigenvalue weighted by atomic mass is 32.2. The summed E-state index contributed by atoms with van der Waals surface area (Å²) < 4.78 is 0. The van der Waals surface area contributed by atoms with Gasteiger partial charge < -0.3 is 10.2 Å². The molecule has 1 aromatic heterocycles. The van der Waals surface area contributed by atoms with Gasteiger partial charge in [-0.25, -0.2) is 0 Å². The van der Waals surface area contributed by atoms with Crippen LogP contribution in [0.2, 0.25) is 0 Å². The number of nitrogens with zero attached hydrogens (tertiary/aromatic N) is 3. The van der Waals surface area contributed by atoms with E-state index in [2.05, 4.69) is 51.2 Å². The Labute approximate surface area is 107 Å². The molecule has 0 saturated carbocycles. The maximum Gasteiger partial charge on any atom is 0.151 e. The summed E-state index contributed by atoms with van der Waals surface area (Å²) in [5, 5.41) is 12.4. The van der Waals surface area contributed by atoms with Gasteiger partial charge in [-0.05, 0) is 25.6 Å². The minimum Gasteiger partial charge on any atom is -0.353 e. The fourth-order valence-corrected chi connectivity index (χ4v) is 3.15. The third kappa shape index (κ3) is 3.33. The molecular formula is C12H20N4S. The predicted molar refractivity (Wildman–Crippen MR) is 73.5 cm³/mol. The van der Waals surface area contributed by atoms with Crippen molar-refractivity contribution >= 4 is 17.6 Å². The van der Waals surface area contributed by atoms with E-state index in [4.69, 9.17) is 0 Å². The number of anilines is 1. The van der Waals surface area contributed by atoms with E-state index < -0.39 is 0 Å². The third-order valence-electron chi connectivity index (χ3n) is 2.98. The van der Waals surface area contributed by atoms with Crippen molar-refractivity contribution < 1.29 is 0 Å². The second kappa shape index (κ2) is 6.21. The van der Waals surface area contributed by atoms with Crippen LogP contribution < -0.4 is 10.2 Å². The van der Waals surface area contributed by atoms with Crippen molar-refractivity contribution in [2.45, 2.75) is 25.1 Å². The minimum absolute atomic E-state index is 0.738. The number of aromatic nitrogens is 2. The molecule has 1 unspecified atom stereocenters. The van der Waals surface area contributed by atoms with Crippen molar-refractivity contribution in [2.24, 2.45) is 0 Å². The number of rotatable bonds is 4. The van der Waals surface area contributed by atoms with E-state index in [-0.39, 0.29) is 0 Å². The quantitative estimate of drug-likeness (QED) is 0.880. The van der Waals surface area contributed by atoms with Gasteiger partial charge >= 0.3 is 0 Å². The summed E-state index contributed by atoms with van der Waals surface area (Å²) in [5.41, 5.74) is 0.995. The topological polar surface area (TPSA) is 41.0 Å². The maximum atomic E-state index is 4.32. The van der Waals surface area contributed by atoms with E-state index in [1.807, 2.05) is 7.05 Å². The molecule has 1 aliphatic rings. The van der Waals surface area contributed by atoms with Crippen LogP contribution in [0.5, 0.6) is 0 Å². The Morgan fingerprint density at radius 1 is 1.47 bits per heavy atom. The first-order valence-corrected chi connectivity index (χ1v) is 7.22. The first-order valence-electron chi connectivity index (χ1n) is 6.17. The Morgan fingerprint density at radius 3 is 3.00 bits per heavy atom. The molecule has 1 saturated heterocycles. The molecule has 0 aliphatic carbocycles. The van der Waals surface area contributed by atoms with Crippen LogP contribution in [0.1, 0.15) is 19.0 Å². The standard InChI is InChI=1S/C12H20N4S/c1-3-11-9-16(6-7-17-11)12-5-4-10(8-13-2)14-15-12/h4-5,11,13H,3,6-9H2,1-2H3. The summed E-state index contributed by atoms with van der Waals surface area (Å²) in [7, 11) is 1.92. The summed E-state index contributed by atoms with van der Waals surface area (Å²) in [6.07, 6.45) is 1.23. The van der Waals surface area contributed by atoms with Crippen molar-refractivity contribution in [1.82, 2.24) is 15.5 Å². The fourth-order valence-electron chi connectivity index (χ4n) is 1.97. The normalized spacial score (nSPS) is 20.6. The van der Waals surface area contributed by atoms with Gasteiger partial charge in [0, 0.05) is 30.6 Å². The van der Waals surface area contributed by atoms with E-state index >= 15 is 0 Å². The maximum absolute atomic E-state index is 4.32. The van der Waals surface area contributed by atoms with Crippen molar-refractivity contribution in [2.75, 3.05) is 30.8 Å². The van der Waals surface area contributed by atoms with Gasteiger partial charge in [-0.15, -0.1) is 5.10 Å². The lowest BCUT2D eigenvalue weighted by atomic mass is 10.3. The van der Waals surface area contributed by atoms with Crippen LogP contribution in [0, 0.1) is 0 Å². The lowest BCUT2D eigenvalue weighted by molar-refractivity contribution is 0.705. The molecule has 1 fully saturated rings. The van der Waals surface area contributed by atoms with E-state index in [9.17, 15) is 0 Å². The second-order valence-electron chi connectivity index (χ2n) is 4.26. The highest BCUT2D eigenvalue weighted by Crippen LogP contribution is 2.24. The van der Waals surface area contributed by atoms with E-state index in [1.165, 1.54) is 12.2 Å².